The fourth-order valence-electron chi connectivity index (χ4n) is 6.73. The van der Waals surface area contributed by atoms with E-state index < -0.39 is 11.9 Å². The first-order valence-corrected chi connectivity index (χ1v) is 15.1. The van der Waals surface area contributed by atoms with E-state index in [0.717, 1.165) is 79.3 Å². The molecule has 8 nitrogen and oxygen atoms in total. The number of aromatic amines is 3. The molecule has 0 aromatic carbocycles. The number of hydrogen-bond donors (Lipinski definition) is 5. The molecule has 1 aliphatic heterocycles. The molecular formula is C35H42N4O4. The van der Waals surface area contributed by atoms with Gasteiger partial charge in [0.05, 0.1) is 0 Å². The average Bonchev–Trinajstić information content (AvgIpc) is 3.59. The third-order valence-electron chi connectivity index (χ3n) is 9.25. The van der Waals surface area contributed by atoms with Crippen LogP contribution < -0.4 is 21.4 Å². The highest BCUT2D eigenvalue weighted by atomic mass is 16.4. The number of aliphatic carboxylic acids is 2. The number of H-pyrrole nitrogens is 3. The molecule has 5 heterocycles. The van der Waals surface area contributed by atoms with Gasteiger partial charge in [-0.2, -0.15) is 0 Å². The number of nitrogens with zero attached hydrogens (tertiary/aromatic N) is 1. The van der Waals surface area contributed by atoms with Crippen LogP contribution in [0.3, 0.4) is 0 Å². The second-order valence-electron chi connectivity index (χ2n) is 11.7. The number of nitrogens with one attached hydrogen (secondary N) is 3. The summed E-state index contributed by atoms with van der Waals surface area (Å²) in [4.78, 5) is 34.1. The molecule has 0 saturated heterocycles. The Morgan fingerprint density at radius 3 is 1.72 bits per heavy atom. The van der Waals surface area contributed by atoms with Gasteiger partial charge in [-0.25, -0.2) is 0 Å². The summed E-state index contributed by atoms with van der Waals surface area (Å²) in [5, 5.41) is 23.0. The zero-order valence-electron chi connectivity index (χ0n) is 26.2. The van der Waals surface area contributed by atoms with Gasteiger partial charge >= 0.3 is 11.9 Å². The van der Waals surface area contributed by atoms with Crippen molar-refractivity contribution in [1.82, 2.24) is 19.5 Å². The highest BCUT2D eigenvalue weighted by Gasteiger charge is 2.18. The van der Waals surface area contributed by atoms with Gasteiger partial charge in [0.1, 0.15) is 0 Å². The van der Waals surface area contributed by atoms with Gasteiger partial charge in [0.2, 0.25) is 0 Å². The number of carbonyl (C=O) groups is 2. The largest absolute Gasteiger partial charge is 0.481 e. The van der Waals surface area contributed by atoms with Gasteiger partial charge in [0.15, 0.2) is 0 Å². The van der Waals surface area contributed by atoms with Crippen LogP contribution in [0.15, 0.2) is 0 Å². The van der Waals surface area contributed by atoms with Gasteiger partial charge in [0, 0.05) is 64.1 Å². The van der Waals surface area contributed by atoms with E-state index in [1.807, 2.05) is 19.9 Å². The SMILES string of the molecule is CCc1c2[nH]c(c1C)/C=c1\[nH]/c(c(CCC(=O)O)c1C)=C\c1[nH]c(c(C)c1CCC(=O)O)/C=c1/c(CC)c(C)/c(n1C)=C/2. The van der Waals surface area contributed by atoms with Crippen molar-refractivity contribution in [3.05, 3.63) is 88.7 Å². The minimum atomic E-state index is -0.845. The number of hydrogen-bond acceptors (Lipinski definition) is 2. The Hall–Kier alpha value is -4.46. The van der Waals surface area contributed by atoms with E-state index in [4.69, 9.17) is 0 Å². The van der Waals surface area contributed by atoms with Gasteiger partial charge < -0.3 is 29.7 Å². The van der Waals surface area contributed by atoms with Crippen LogP contribution >= 0.6 is 0 Å². The second kappa shape index (κ2) is 11.7. The number of aromatic nitrogens is 4. The highest BCUT2D eigenvalue weighted by molar-refractivity contribution is 5.70. The van der Waals surface area contributed by atoms with Crippen LogP contribution in [0, 0.1) is 27.7 Å². The minimum Gasteiger partial charge on any atom is -0.481 e. The molecule has 0 fully saturated rings. The van der Waals surface area contributed by atoms with Crippen LogP contribution in [0.1, 0.15) is 94.0 Å². The molecule has 5 rings (SSSR count). The summed E-state index contributed by atoms with van der Waals surface area (Å²) in [6.07, 6.45) is 11.2. The van der Waals surface area contributed by atoms with Crippen LogP contribution in [0.4, 0.5) is 0 Å². The quantitative estimate of drug-likeness (QED) is 0.193. The minimum absolute atomic E-state index is 0.0169. The van der Waals surface area contributed by atoms with E-state index in [2.05, 4.69) is 72.5 Å². The van der Waals surface area contributed by atoms with Crippen molar-refractivity contribution in [3.63, 3.8) is 0 Å². The molecule has 8 bridgehead atoms. The van der Waals surface area contributed by atoms with Crippen LogP contribution in [-0.2, 0) is 42.3 Å². The predicted molar refractivity (Wildman–Crippen MR) is 170 cm³/mol. The molecule has 0 unspecified atom stereocenters. The van der Waals surface area contributed by atoms with Crippen LogP contribution in [0.2, 0.25) is 0 Å². The summed E-state index contributed by atoms with van der Waals surface area (Å²) < 4.78 is 2.25. The third-order valence-corrected chi connectivity index (χ3v) is 9.25. The number of fused-ring (bicyclic) bond motifs is 8. The molecule has 1 aliphatic rings. The van der Waals surface area contributed by atoms with Gasteiger partial charge in [-0.1, -0.05) is 13.8 Å². The van der Waals surface area contributed by atoms with Gasteiger partial charge in [0.25, 0.3) is 0 Å². The van der Waals surface area contributed by atoms with Crippen LogP contribution in [0.25, 0.3) is 24.3 Å². The van der Waals surface area contributed by atoms with Crippen molar-refractivity contribution in [3.8, 4) is 0 Å². The van der Waals surface area contributed by atoms with E-state index in [9.17, 15) is 19.8 Å². The zero-order chi connectivity index (χ0) is 31.2. The van der Waals surface area contributed by atoms with Gasteiger partial charge in [-0.15, -0.1) is 0 Å². The Morgan fingerprint density at radius 1 is 0.605 bits per heavy atom. The average molecular weight is 583 g/mol. The van der Waals surface area contributed by atoms with Crippen molar-refractivity contribution in [1.29, 1.82) is 0 Å². The standard InChI is InChI=1S/C35H42N4O4/c1-8-22-18(3)26-14-27-19(4)24(10-12-34(40)41)29(36-27)15-30-25(11-13-35(42)43)20(5)28(38-30)16-33-23(9-2)21(6)32(39(33)7)17-31(22)37-26/h14-17,36-38H,8-13H2,1-7H3,(H,40,41)(H,42,43)/b26-14?,27-14-,28-16?,29-15-,30-15?,31-17?,32-17-,33-16-. The maximum atomic E-state index is 11.6. The van der Waals surface area contributed by atoms with Crippen molar-refractivity contribution in [2.24, 2.45) is 7.05 Å². The molecule has 0 amide bonds. The van der Waals surface area contributed by atoms with Crippen molar-refractivity contribution in [2.45, 2.75) is 80.1 Å². The third kappa shape index (κ3) is 5.42. The summed E-state index contributed by atoms with van der Waals surface area (Å²) >= 11 is 0. The predicted octanol–water partition coefficient (Wildman–Crippen LogP) is 3.03. The molecule has 0 saturated carbocycles. The molecule has 43 heavy (non-hydrogen) atoms. The summed E-state index contributed by atoms with van der Waals surface area (Å²) in [5.74, 6) is -1.69. The molecule has 226 valence electrons. The van der Waals surface area contributed by atoms with E-state index in [1.54, 1.807) is 0 Å². The van der Waals surface area contributed by atoms with Crippen molar-refractivity contribution >= 4 is 36.2 Å². The molecule has 4 aromatic rings. The van der Waals surface area contributed by atoms with Gasteiger partial charge in [-0.3, -0.25) is 9.59 Å². The number of carboxylic acids is 2. The zero-order valence-corrected chi connectivity index (χ0v) is 26.2. The lowest BCUT2D eigenvalue weighted by Gasteiger charge is -2.02. The second-order valence-corrected chi connectivity index (χ2v) is 11.7. The van der Waals surface area contributed by atoms with Crippen molar-refractivity contribution < 1.29 is 19.8 Å². The molecule has 0 aliphatic carbocycles. The van der Waals surface area contributed by atoms with E-state index >= 15 is 0 Å². The first kappa shape index (κ1) is 30.0. The summed E-state index contributed by atoms with van der Waals surface area (Å²) in [6, 6.07) is 0. The first-order chi connectivity index (χ1) is 20.4. The Morgan fingerprint density at radius 2 is 1.12 bits per heavy atom. The lowest BCUT2D eigenvalue weighted by molar-refractivity contribution is -0.138. The first-order valence-electron chi connectivity index (χ1n) is 15.1. The summed E-state index contributed by atoms with van der Waals surface area (Å²) in [5.41, 5.74) is 12.8. The molecule has 0 radical (unpaired) electrons. The van der Waals surface area contributed by atoms with E-state index in [1.165, 1.54) is 22.3 Å². The monoisotopic (exact) mass is 582 g/mol. The maximum Gasteiger partial charge on any atom is 0.303 e. The maximum absolute atomic E-state index is 11.6. The fourth-order valence-corrected chi connectivity index (χ4v) is 6.73. The Bertz CT molecular complexity index is 2010. The number of carboxylic acid groups (broad SMARTS) is 2. The molecule has 8 heteroatoms. The molecule has 0 spiro atoms. The van der Waals surface area contributed by atoms with Crippen molar-refractivity contribution in [2.75, 3.05) is 0 Å². The summed E-state index contributed by atoms with van der Waals surface area (Å²) in [6.45, 7) is 12.8. The lowest BCUT2D eigenvalue weighted by Crippen LogP contribution is -2.25. The highest BCUT2D eigenvalue weighted by Crippen LogP contribution is 2.23. The Balaban J connectivity index is 1.94. The van der Waals surface area contributed by atoms with Gasteiger partial charge in [-0.05, 0) is 122 Å². The topological polar surface area (TPSA) is 127 Å². The number of rotatable bonds is 8. The lowest BCUT2D eigenvalue weighted by atomic mass is 10.0. The Kier molecular flexibility index (Phi) is 8.14. The molecule has 0 atom stereocenters. The summed E-state index contributed by atoms with van der Waals surface area (Å²) in [7, 11) is 2.11. The van der Waals surface area contributed by atoms with E-state index in [-0.39, 0.29) is 12.8 Å². The Labute approximate surface area is 251 Å². The van der Waals surface area contributed by atoms with Crippen LogP contribution in [0.5, 0.6) is 0 Å². The molecule has 4 aromatic heterocycles. The molecule has 5 N–H and O–H groups in total. The smallest absolute Gasteiger partial charge is 0.303 e. The molecular weight excluding hydrogens is 540 g/mol. The van der Waals surface area contributed by atoms with Crippen LogP contribution in [-0.4, -0.2) is 41.7 Å². The fraction of sp³-hybridized carbons (Fsp3) is 0.371. The van der Waals surface area contributed by atoms with E-state index in [0.29, 0.717) is 12.8 Å². The normalized spacial score (nSPS) is 15.5.